The van der Waals surface area contributed by atoms with E-state index in [0.29, 0.717) is 37.0 Å². The third kappa shape index (κ3) is 4.28. The molecule has 1 aromatic carbocycles. The van der Waals surface area contributed by atoms with Crippen molar-refractivity contribution in [1.82, 2.24) is 19.7 Å². The van der Waals surface area contributed by atoms with Gasteiger partial charge in [0.15, 0.2) is 5.82 Å². The van der Waals surface area contributed by atoms with E-state index < -0.39 is 0 Å². The van der Waals surface area contributed by atoms with Crippen LogP contribution in [0, 0.1) is 0 Å². The number of hydrogen-bond acceptors (Lipinski definition) is 5. The molecule has 1 aliphatic heterocycles. The molecule has 2 amide bonds. The van der Waals surface area contributed by atoms with Gasteiger partial charge >= 0.3 is 6.03 Å². The van der Waals surface area contributed by atoms with Crippen LogP contribution in [0.3, 0.4) is 0 Å². The highest BCUT2D eigenvalue weighted by atomic mass is 16.5. The number of aliphatic hydroxyl groups is 1. The minimum Gasteiger partial charge on any atom is -0.487 e. The SMILES string of the molecule is C=CCOc1ccccc1NC(=O)N1CCC(c2nnc(CO)n2C)CC1. The molecule has 0 radical (unpaired) electrons. The van der Waals surface area contributed by atoms with E-state index in [9.17, 15) is 9.90 Å². The normalized spacial score (nSPS) is 14.8. The van der Waals surface area contributed by atoms with Crippen molar-refractivity contribution in [2.24, 2.45) is 7.05 Å². The van der Waals surface area contributed by atoms with E-state index in [1.54, 1.807) is 11.0 Å². The maximum atomic E-state index is 12.6. The molecule has 1 saturated heterocycles. The average molecular weight is 371 g/mol. The number of benzene rings is 1. The minimum absolute atomic E-state index is 0.127. The molecule has 1 aromatic heterocycles. The van der Waals surface area contributed by atoms with Gasteiger partial charge in [-0.3, -0.25) is 0 Å². The predicted molar refractivity (Wildman–Crippen MR) is 102 cm³/mol. The van der Waals surface area contributed by atoms with Crippen LogP contribution in [0.5, 0.6) is 5.75 Å². The van der Waals surface area contributed by atoms with Crippen molar-refractivity contribution in [3.8, 4) is 5.75 Å². The molecule has 0 atom stereocenters. The Hall–Kier alpha value is -2.87. The number of carbonyl (C=O) groups is 1. The zero-order chi connectivity index (χ0) is 19.2. The first-order valence-corrected chi connectivity index (χ1v) is 9.01. The quantitative estimate of drug-likeness (QED) is 0.760. The van der Waals surface area contributed by atoms with Crippen LogP contribution in [0.15, 0.2) is 36.9 Å². The number of anilines is 1. The maximum absolute atomic E-state index is 12.6. The van der Waals surface area contributed by atoms with Crippen molar-refractivity contribution >= 4 is 11.7 Å². The minimum atomic E-state index is -0.142. The predicted octanol–water partition coefficient (Wildman–Crippen LogP) is 2.28. The highest BCUT2D eigenvalue weighted by Gasteiger charge is 2.27. The summed E-state index contributed by atoms with van der Waals surface area (Å²) in [7, 11) is 1.86. The number of para-hydroxylation sites is 2. The highest BCUT2D eigenvalue weighted by Crippen LogP contribution is 2.28. The summed E-state index contributed by atoms with van der Waals surface area (Å²) in [6, 6.07) is 7.21. The summed E-state index contributed by atoms with van der Waals surface area (Å²) in [6.07, 6.45) is 3.27. The van der Waals surface area contributed by atoms with Crippen molar-refractivity contribution in [3.05, 3.63) is 48.6 Å². The lowest BCUT2D eigenvalue weighted by atomic mass is 9.96. The molecule has 0 saturated carbocycles. The van der Waals surface area contributed by atoms with E-state index in [2.05, 4.69) is 22.1 Å². The van der Waals surface area contributed by atoms with Crippen LogP contribution < -0.4 is 10.1 Å². The first kappa shape index (κ1) is 18.9. The molecule has 2 N–H and O–H groups in total. The lowest BCUT2D eigenvalue weighted by Crippen LogP contribution is -2.41. The molecule has 0 unspecified atom stereocenters. The van der Waals surface area contributed by atoms with Crippen LogP contribution in [0.4, 0.5) is 10.5 Å². The topological polar surface area (TPSA) is 92.5 Å². The third-order valence-electron chi connectivity index (χ3n) is 4.77. The van der Waals surface area contributed by atoms with Gasteiger partial charge in [0, 0.05) is 26.1 Å². The fraction of sp³-hybridized carbons (Fsp3) is 0.421. The van der Waals surface area contributed by atoms with Crippen LogP contribution >= 0.6 is 0 Å². The second kappa shape index (κ2) is 8.68. The first-order chi connectivity index (χ1) is 13.1. The van der Waals surface area contributed by atoms with Gasteiger partial charge in [0.05, 0.1) is 5.69 Å². The molecule has 1 fully saturated rings. The summed E-state index contributed by atoms with van der Waals surface area (Å²) >= 11 is 0. The van der Waals surface area contributed by atoms with E-state index in [1.165, 1.54) is 0 Å². The molecule has 3 rings (SSSR count). The number of ether oxygens (including phenoxy) is 1. The maximum Gasteiger partial charge on any atom is 0.321 e. The van der Waals surface area contributed by atoms with Gasteiger partial charge in [-0.2, -0.15) is 0 Å². The largest absolute Gasteiger partial charge is 0.487 e. The molecule has 8 heteroatoms. The Labute approximate surface area is 158 Å². The number of rotatable bonds is 6. The van der Waals surface area contributed by atoms with Crippen LogP contribution in [-0.2, 0) is 13.7 Å². The lowest BCUT2D eigenvalue weighted by molar-refractivity contribution is 0.192. The number of nitrogens with zero attached hydrogens (tertiary/aromatic N) is 4. The van der Waals surface area contributed by atoms with E-state index in [0.717, 1.165) is 18.7 Å². The molecular formula is C19H25N5O3. The van der Waals surface area contributed by atoms with Crippen molar-refractivity contribution in [3.63, 3.8) is 0 Å². The molecule has 2 heterocycles. The van der Waals surface area contributed by atoms with E-state index in [4.69, 9.17) is 4.74 Å². The van der Waals surface area contributed by atoms with Crippen molar-refractivity contribution in [2.75, 3.05) is 25.0 Å². The Kier molecular flexibility index (Phi) is 6.08. The zero-order valence-electron chi connectivity index (χ0n) is 15.5. The Balaban J connectivity index is 1.59. The van der Waals surface area contributed by atoms with Crippen molar-refractivity contribution in [1.29, 1.82) is 0 Å². The fourth-order valence-electron chi connectivity index (χ4n) is 3.25. The molecule has 27 heavy (non-hydrogen) atoms. The standard InChI is InChI=1S/C19H25N5O3/c1-3-12-27-16-7-5-4-6-15(16)20-19(26)24-10-8-14(9-11-24)18-22-21-17(13-25)23(18)2/h3-7,14,25H,1,8-13H2,2H3,(H,20,26). The van der Waals surface area contributed by atoms with Gasteiger partial charge in [-0.1, -0.05) is 24.8 Å². The Morgan fingerprint density at radius 3 is 2.78 bits per heavy atom. The molecule has 0 spiro atoms. The molecule has 1 aliphatic rings. The summed E-state index contributed by atoms with van der Waals surface area (Å²) in [5.74, 6) is 2.27. The molecule has 0 bridgehead atoms. The van der Waals surface area contributed by atoms with E-state index in [1.807, 2.05) is 35.9 Å². The second-order valence-corrected chi connectivity index (χ2v) is 6.48. The summed E-state index contributed by atoms with van der Waals surface area (Å²) < 4.78 is 7.43. The number of likely N-dealkylation sites (tertiary alicyclic amines) is 1. The highest BCUT2D eigenvalue weighted by molar-refractivity contribution is 5.91. The van der Waals surface area contributed by atoms with Crippen molar-refractivity contribution in [2.45, 2.75) is 25.4 Å². The number of nitrogens with one attached hydrogen (secondary N) is 1. The molecule has 2 aromatic rings. The monoisotopic (exact) mass is 371 g/mol. The fourth-order valence-corrected chi connectivity index (χ4v) is 3.25. The molecule has 8 nitrogen and oxygen atoms in total. The van der Waals surface area contributed by atoms with E-state index in [-0.39, 0.29) is 18.6 Å². The van der Waals surface area contributed by atoms with Gasteiger partial charge in [0.2, 0.25) is 0 Å². The van der Waals surface area contributed by atoms with Gasteiger partial charge in [0.1, 0.15) is 24.8 Å². The van der Waals surface area contributed by atoms with Crippen LogP contribution in [0.2, 0.25) is 0 Å². The summed E-state index contributed by atoms with van der Waals surface area (Å²) in [6.45, 7) is 5.16. The summed E-state index contributed by atoms with van der Waals surface area (Å²) in [4.78, 5) is 14.4. The smallest absolute Gasteiger partial charge is 0.321 e. The molecule has 0 aliphatic carbocycles. The second-order valence-electron chi connectivity index (χ2n) is 6.48. The van der Waals surface area contributed by atoms with Gasteiger partial charge in [0.25, 0.3) is 0 Å². The number of hydrogen-bond donors (Lipinski definition) is 2. The summed E-state index contributed by atoms with van der Waals surface area (Å²) in [5.41, 5.74) is 0.646. The average Bonchev–Trinajstić information content (AvgIpc) is 3.08. The molecule has 144 valence electrons. The van der Waals surface area contributed by atoms with Crippen molar-refractivity contribution < 1.29 is 14.6 Å². The van der Waals surface area contributed by atoms with E-state index >= 15 is 0 Å². The number of piperidine rings is 1. The summed E-state index contributed by atoms with van der Waals surface area (Å²) in [5, 5.41) is 20.4. The van der Waals surface area contributed by atoms with Crippen LogP contribution in [0.1, 0.15) is 30.4 Å². The lowest BCUT2D eigenvalue weighted by Gasteiger charge is -2.31. The number of urea groups is 1. The Morgan fingerprint density at radius 1 is 1.37 bits per heavy atom. The number of aliphatic hydroxyl groups excluding tert-OH is 1. The van der Waals surface area contributed by atoms with Gasteiger partial charge < -0.3 is 24.6 Å². The Bertz CT molecular complexity index is 796. The number of amides is 2. The van der Waals surface area contributed by atoms with Crippen LogP contribution in [-0.4, -0.2) is 50.5 Å². The Morgan fingerprint density at radius 2 is 2.11 bits per heavy atom. The van der Waals surface area contributed by atoms with Gasteiger partial charge in [-0.25, -0.2) is 4.79 Å². The zero-order valence-corrected chi connectivity index (χ0v) is 15.5. The van der Waals surface area contributed by atoms with Crippen LogP contribution in [0.25, 0.3) is 0 Å². The number of carbonyl (C=O) groups excluding carboxylic acids is 1. The molecular weight excluding hydrogens is 346 g/mol. The first-order valence-electron chi connectivity index (χ1n) is 9.01. The third-order valence-corrected chi connectivity index (χ3v) is 4.77. The van der Waals surface area contributed by atoms with Gasteiger partial charge in [-0.15, -0.1) is 10.2 Å². The van der Waals surface area contributed by atoms with Gasteiger partial charge in [-0.05, 0) is 25.0 Å². The number of aromatic nitrogens is 3.